The van der Waals surface area contributed by atoms with Crippen LogP contribution in [0.1, 0.15) is 29.3 Å². The van der Waals surface area contributed by atoms with Crippen LogP contribution in [0.4, 0.5) is 11.4 Å². The van der Waals surface area contributed by atoms with Gasteiger partial charge in [0, 0.05) is 24.4 Å². The monoisotopic (exact) mass is 387 g/mol. The van der Waals surface area contributed by atoms with Crippen molar-refractivity contribution in [2.24, 2.45) is 0 Å². The molecule has 2 aromatic carbocycles. The fourth-order valence-corrected chi connectivity index (χ4v) is 2.52. The Bertz CT molecular complexity index is 896. The number of nitro benzene ring substituents is 1. The topological polar surface area (TPSA) is 101 Å². The van der Waals surface area contributed by atoms with Gasteiger partial charge < -0.3 is 10.6 Å². The van der Waals surface area contributed by atoms with Gasteiger partial charge in [-0.1, -0.05) is 30.7 Å². The molecule has 0 fully saturated rings. The normalized spacial score (nSPS) is 10.6. The van der Waals surface area contributed by atoms with Crippen LogP contribution in [0.15, 0.2) is 48.5 Å². The number of hydrogen-bond acceptors (Lipinski definition) is 4. The molecule has 0 saturated carbocycles. The number of nitrogens with zero attached hydrogens (tertiary/aromatic N) is 1. The molecule has 0 aliphatic rings. The van der Waals surface area contributed by atoms with Crippen LogP contribution in [0.3, 0.4) is 0 Å². The molecule has 0 aliphatic carbocycles. The summed E-state index contributed by atoms with van der Waals surface area (Å²) < 4.78 is 0. The zero-order valence-electron chi connectivity index (χ0n) is 14.6. The molecule has 2 N–H and O–H groups in total. The Balaban J connectivity index is 2.07. The molecule has 7 nitrogen and oxygen atoms in total. The molecule has 140 valence electrons. The van der Waals surface area contributed by atoms with Crippen LogP contribution in [-0.2, 0) is 4.79 Å². The predicted molar refractivity (Wildman–Crippen MR) is 105 cm³/mol. The Morgan fingerprint density at radius 1 is 1.22 bits per heavy atom. The van der Waals surface area contributed by atoms with Crippen LogP contribution in [0.5, 0.6) is 0 Å². The average Bonchev–Trinajstić information content (AvgIpc) is 2.64. The summed E-state index contributed by atoms with van der Waals surface area (Å²) in [4.78, 5) is 34.5. The van der Waals surface area contributed by atoms with Gasteiger partial charge in [0.05, 0.1) is 21.1 Å². The molecule has 0 atom stereocenters. The van der Waals surface area contributed by atoms with E-state index in [0.29, 0.717) is 23.4 Å². The van der Waals surface area contributed by atoms with Gasteiger partial charge >= 0.3 is 0 Å². The number of anilines is 1. The van der Waals surface area contributed by atoms with Crippen molar-refractivity contribution in [3.63, 3.8) is 0 Å². The lowest BCUT2D eigenvalue weighted by Gasteiger charge is -2.08. The molecule has 0 aromatic heterocycles. The Morgan fingerprint density at radius 2 is 1.96 bits per heavy atom. The van der Waals surface area contributed by atoms with Crippen molar-refractivity contribution in [2.75, 3.05) is 11.9 Å². The summed E-state index contributed by atoms with van der Waals surface area (Å²) in [6.07, 6.45) is 3.36. The van der Waals surface area contributed by atoms with Gasteiger partial charge in [0.2, 0.25) is 5.91 Å². The van der Waals surface area contributed by atoms with Gasteiger partial charge in [-0.2, -0.15) is 0 Å². The van der Waals surface area contributed by atoms with Crippen molar-refractivity contribution < 1.29 is 14.5 Å². The van der Waals surface area contributed by atoms with Crippen molar-refractivity contribution in [3.05, 3.63) is 74.8 Å². The number of para-hydroxylation sites is 1. The first-order valence-corrected chi connectivity index (χ1v) is 8.60. The highest BCUT2D eigenvalue weighted by Crippen LogP contribution is 2.22. The summed E-state index contributed by atoms with van der Waals surface area (Å²) in [7, 11) is 0. The summed E-state index contributed by atoms with van der Waals surface area (Å²) in [6, 6.07) is 10.7. The third kappa shape index (κ3) is 5.65. The molecule has 0 bridgehead atoms. The van der Waals surface area contributed by atoms with E-state index in [1.54, 1.807) is 24.3 Å². The Morgan fingerprint density at radius 3 is 2.63 bits per heavy atom. The lowest BCUT2D eigenvalue weighted by atomic mass is 10.1. The number of carbonyl (C=O) groups is 2. The molecule has 0 heterocycles. The van der Waals surface area contributed by atoms with E-state index in [-0.39, 0.29) is 16.6 Å². The summed E-state index contributed by atoms with van der Waals surface area (Å²) >= 11 is 6.11. The fourth-order valence-electron chi connectivity index (χ4n) is 2.25. The molecule has 2 rings (SSSR count). The number of halogens is 1. The first-order chi connectivity index (χ1) is 12.9. The first kappa shape index (κ1) is 20.1. The van der Waals surface area contributed by atoms with E-state index in [1.807, 2.05) is 6.92 Å². The maximum absolute atomic E-state index is 12.0. The summed E-state index contributed by atoms with van der Waals surface area (Å²) in [6.45, 7) is 2.49. The first-order valence-electron chi connectivity index (χ1n) is 8.22. The maximum atomic E-state index is 12.0. The molecule has 2 amide bonds. The van der Waals surface area contributed by atoms with Gasteiger partial charge in [0.25, 0.3) is 11.6 Å². The van der Waals surface area contributed by atoms with Crippen molar-refractivity contribution in [3.8, 4) is 0 Å². The van der Waals surface area contributed by atoms with Crippen LogP contribution >= 0.6 is 11.6 Å². The van der Waals surface area contributed by atoms with Gasteiger partial charge in [0.1, 0.15) is 0 Å². The Hall–Kier alpha value is -3.19. The largest absolute Gasteiger partial charge is 0.352 e. The molecular formula is C19H18ClN3O4. The van der Waals surface area contributed by atoms with Crippen molar-refractivity contribution in [1.82, 2.24) is 5.32 Å². The number of carbonyl (C=O) groups excluding carboxylic acids is 2. The molecule has 8 heteroatoms. The summed E-state index contributed by atoms with van der Waals surface area (Å²) in [5.41, 5.74) is 0.952. The van der Waals surface area contributed by atoms with Crippen LogP contribution in [0.2, 0.25) is 5.02 Å². The van der Waals surface area contributed by atoms with Gasteiger partial charge in [-0.25, -0.2) is 0 Å². The molecule has 0 aliphatic heterocycles. The second-order valence-corrected chi connectivity index (χ2v) is 6.00. The summed E-state index contributed by atoms with van der Waals surface area (Å²) in [5.74, 6) is -0.761. The van der Waals surface area contributed by atoms with E-state index < -0.39 is 10.8 Å². The van der Waals surface area contributed by atoms with Crippen LogP contribution in [0, 0.1) is 10.1 Å². The number of nitro groups is 1. The van der Waals surface area contributed by atoms with Crippen molar-refractivity contribution >= 4 is 40.9 Å². The standard InChI is InChI=1S/C19H18ClN3O4/c1-2-11-21-19(25)15-9-8-14(12-16(15)20)22-18(24)10-7-13-5-3-4-6-17(13)23(26)27/h3-10,12H,2,11H2,1H3,(H,21,25)(H,22,24)/b10-7+. The molecule has 27 heavy (non-hydrogen) atoms. The van der Waals surface area contributed by atoms with Gasteiger partial charge in [-0.15, -0.1) is 0 Å². The van der Waals surface area contributed by atoms with E-state index in [0.717, 1.165) is 6.42 Å². The maximum Gasteiger partial charge on any atom is 0.276 e. The highest BCUT2D eigenvalue weighted by atomic mass is 35.5. The minimum Gasteiger partial charge on any atom is -0.352 e. The molecule has 2 aromatic rings. The number of nitrogens with one attached hydrogen (secondary N) is 2. The zero-order chi connectivity index (χ0) is 19.8. The minimum absolute atomic E-state index is 0.0907. The molecule has 0 saturated heterocycles. The van der Waals surface area contributed by atoms with Gasteiger partial charge in [-0.05, 0) is 36.8 Å². The minimum atomic E-state index is -0.514. The average molecular weight is 388 g/mol. The van der Waals surface area contributed by atoms with Gasteiger partial charge in [-0.3, -0.25) is 19.7 Å². The lowest BCUT2D eigenvalue weighted by molar-refractivity contribution is -0.385. The lowest BCUT2D eigenvalue weighted by Crippen LogP contribution is -2.24. The van der Waals surface area contributed by atoms with Gasteiger partial charge in [0.15, 0.2) is 0 Å². The number of benzene rings is 2. The van der Waals surface area contributed by atoms with E-state index in [1.165, 1.54) is 30.4 Å². The molecule has 0 radical (unpaired) electrons. The van der Waals surface area contributed by atoms with E-state index in [2.05, 4.69) is 10.6 Å². The smallest absolute Gasteiger partial charge is 0.276 e. The third-order valence-corrected chi connectivity index (χ3v) is 3.88. The van der Waals surface area contributed by atoms with E-state index >= 15 is 0 Å². The molecule has 0 spiro atoms. The predicted octanol–water partition coefficient (Wildman–Crippen LogP) is 4.04. The highest BCUT2D eigenvalue weighted by Gasteiger charge is 2.12. The number of rotatable bonds is 7. The SMILES string of the molecule is CCCNC(=O)c1ccc(NC(=O)/C=C/c2ccccc2[N+](=O)[O-])cc1Cl. The molecular weight excluding hydrogens is 370 g/mol. The van der Waals surface area contributed by atoms with E-state index in [9.17, 15) is 19.7 Å². The third-order valence-electron chi connectivity index (χ3n) is 3.56. The van der Waals surface area contributed by atoms with Crippen LogP contribution in [-0.4, -0.2) is 23.3 Å². The zero-order valence-corrected chi connectivity index (χ0v) is 15.3. The Kier molecular flexibility index (Phi) is 7.08. The second kappa shape index (κ2) is 9.49. The summed E-state index contributed by atoms with van der Waals surface area (Å²) in [5, 5.41) is 16.5. The molecule has 0 unspecified atom stereocenters. The van der Waals surface area contributed by atoms with Crippen LogP contribution < -0.4 is 10.6 Å². The fraction of sp³-hybridized carbons (Fsp3) is 0.158. The Labute approximate surface area is 161 Å². The quantitative estimate of drug-likeness (QED) is 0.425. The second-order valence-electron chi connectivity index (χ2n) is 5.59. The number of hydrogen-bond donors (Lipinski definition) is 2. The van der Waals surface area contributed by atoms with E-state index in [4.69, 9.17) is 11.6 Å². The van der Waals surface area contributed by atoms with Crippen LogP contribution in [0.25, 0.3) is 6.08 Å². The number of amides is 2. The highest BCUT2D eigenvalue weighted by molar-refractivity contribution is 6.34. The van der Waals surface area contributed by atoms with Crippen molar-refractivity contribution in [1.29, 1.82) is 0 Å². The van der Waals surface area contributed by atoms with Crippen molar-refractivity contribution in [2.45, 2.75) is 13.3 Å².